The Hall–Kier alpha value is -0.840. The molecule has 0 aliphatic heterocycles. The minimum Gasteiger partial charge on any atom is -0.274 e. The second-order valence-electron chi connectivity index (χ2n) is 3.85. The lowest BCUT2D eigenvalue weighted by atomic mass is 10.2. The minimum absolute atomic E-state index is 0.0749. The number of allylic oxidation sites excluding steroid dienone is 2. The van der Waals surface area contributed by atoms with E-state index in [0.29, 0.717) is 17.2 Å². The Bertz CT molecular complexity index is 396. The van der Waals surface area contributed by atoms with Gasteiger partial charge in [0.2, 0.25) is 5.91 Å². The van der Waals surface area contributed by atoms with E-state index in [2.05, 4.69) is 4.72 Å². The third-order valence-corrected chi connectivity index (χ3v) is 4.23. The number of nitrogens with one attached hydrogen (secondary N) is 1. The van der Waals surface area contributed by atoms with Crippen LogP contribution in [0.4, 0.5) is 0 Å². The first-order valence-electron chi connectivity index (χ1n) is 4.80. The van der Waals surface area contributed by atoms with Crippen molar-refractivity contribution < 1.29 is 13.2 Å². The highest BCUT2D eigenvalue weighted by atomic mass is 32.2. The van der Waals surface area contributed by atoms with Gasteiger partial charge in [0.1, 0.15) is 0 Å². The van der Waals surface area contributed by atoms with Gasteiger partial charge < -0.3 is 0 Å². The van der Waals surface area contributed by atoms with E-state index >= 15 is 0 Å². The van der Waals surface area contributed by atoms with E-state index in [1.165, 1.54) is 0 Å². The number of carbonyl (C=O) groups is 1. The highest BCUT2D eigenvalue weighted by Gasteiger charge is 2.43. The molecule has 2 rings (SSSR count). The summed E-state index contributed by atoms with van der Waals surface area (Å²) in [6, 6.07) is 0. The first-order valence-corrected chi connectivity index (χ1v) is 6.28. The molecule has 0 aromatic carbocycles. The van der Waals surface area contributed by atoms with Gasteiger partial charge in [0.15, 0.2) is 0 Å². The number of sulfonamides is 1. The average Bonchev–Trinajstić information content (AvgIpc) is 2.98. The number of carbonyl (C=O) groups excluding carboxylic acids is 1. The molecule has 78 valence electrons. The molecule has 14 heavy (non-hydrogen) atoms. The molecule has 2 aliphatic carbocycles. The number of hydrogen-bond acceptors (Lipinski definition) is 3. The fraction of sp³-hybridized carbons (Fsp3) is 0.667. The van der Waals surface area contributed by atoms with Gasteiger partial charge in [0.25, 0.3) is 10.0 Å². The van der Waals surface area contributed by atoms with Crippen LogP contribution in [0.2, 0.25) is 0 Å². The molecular formula is C9H13NO3S. The van der Waals surface area contributed by atoms with E-state index in [9.17, 15) is 13.2 Å². The van der Waals surface area contributed by atoms with Gasteiger partial charge >= 0.3 is 0 Å². The van der Waals surface area contributed by atoms with Gasteiger partial charge in [-0.25, -0.2) is 13.1 Å². The normalized spacial score (nSPS) is 29.4. The molecule has 0 aromatic rings. The van der Waals surface area contributed by atoms with Crippen LogP contribution in [0.3, 0.4) is 0 Å². The number of hydrogen-bond donors (Lipinski definition) is 1. The summed E-state index contributed by atoms with van der Waals surface area (Å²) in [4.78, 5) is 11.8. The van der Waals surface area contributed by atoms with E-state index in [0.717, 1.165) is 12.8 Å². The summed E-state index contributed by atoms with van der Waals surface area (Å²) in [5.74, 6) is -0.0165. The lowest BCUT2D eigenvalue weighted by molar-refractivity contribution is -0.120. The molecule has 1 N–H and O–H groups in total. The monoisotopic (exact) mass is 215 g/mol. The molecule has 5 heteroatoms. The molecule has 0 saturated heterocycles. The van der Waals surface area contributed by atoms with Crippen LogP contribution in [-0.4, -0.2) is 14.3 Å². The summed E-state index contributed by atoms with van der Waals surface area (Å²) in [5, 5.41) is 0. The summed E-state index contributed by atoms with van der Waals surface area (Å²) in [6.45, 7) is 2.01. The van der Waals surface area contributed by atoms with Crippen LogP contribution in [0.1, 0.15) is 26.2 Å². The predicted molar refractivity (Wildman–Crippen MR) is 51.7 cm³/mol. The van der Waals surface area contributed by atoms with E-state index in [1.54, 1.807) is 6.08 Å². The zero-order valence-corrected chi connectivity index (χ0v) is 8.80. The third-order valence-electron chi connectivity index (χ3n) is 2.73. The Morgan fingerprint density at radius 3 is 2.71 bits per heavy atom. The molecule has 2 aliphatic rings. The van der Waals surface area contributed by atoms with Crippen molar-refractivity contribution in [2.75, 3.05) is 0 Å². The molecule has 0 radical (unpaired) electrons. The molecule has 2 atom stereocenters. The first-order chi connectivity index (χ1) is 6.54. The quantitative estimate of drug-likeness (QED) is 0.753. The summed E-state index contributed by atoms with van der Waals surface area (Å²) < 4.78 is 24.8. The lowest BCUT2D eigenvalue weighted by Crippen LogP contribution is -2.31. The number of rotatable bonds is 4. The Kier molecular flexibility index (Phi) is 2.14. The second kappa shape index (κ2) is 3.08. The predicted octanol–water partition coefficient (Wildman–Crippen LogP) is 0.766. The zero-order chi connectivity index (χ0) is 10.3. The molecular weight excluding hydrogens is 202 g/mol. The fourth-order valence-corrected chi connectivity index (χ4v) is 2.62. The summed E-state index contributed by atoms with van der Waals surface area (Å²) in [7, 11) is -3.46. The van der Waals surface area contributed by atoms with Gasteiger partial charge in [-0.3, -0.25) is 4.79 Å². The average molecular weight is 215 g/mol. The van der Waals surface area contributed by atoms with Gasteiger partial charge in [-0.05, 0) is 12.3 Å². The van der Waals surface area contributed by atoms with Gasteiger partial charge in [-0.15, -0.1) is 0 Å². The Morgan fingerprint density at radius 1 is 1.64 bits per heavy atom. The van der Waals surface area contributed by atoms with Crippen molar-refractivity contribution in [3.05, 3.63) is 11.0 Å². The van der Waals surface area contributed by atoms with Crippen molar-refractivity contribution >= 4 is 15.9 Å². The van der Waals surface area contributed by atoms with Crippen LogP contribution in [0.25, 0.3) is 0 Å². The smallest absolute Gasteiger partial charge is 0.260 e. The highest BCUT2D eigenvalue weighted by molar-refractivity contribution is 7.94. The van der Waals surface area contributed by atoms with Crippen LogP contribution in [-0.2, 0) is 14.8 Å². The Morgan fingerprint density at radius 2 is 2.29 bits per heavy atom. The molecule has 0 heterocycles. The summed E-state index contributed by atoms with van der Waals surface area (Å²) >= 11 is 0. The molecule has 1 saturated carbocycles. The molecule has 1 fully saturated rings. The maximum absolute atomic E-state index is 11.4. The maximum Gasteiger partial charge on any atom is 0.260 e. The summed E-state index contributed by atoms with van der Waals surface area (Å²) in [6.07, 6.45) is 3.86. The molecule has 0 unspecified atom stereocenters. The lowest BCUT2D eigenvalue weighted by Gasteiger charge is -2.02. The van der Waals surface area contributed by atoms with Gasteiger partial charge in [-0.2, -0.15) is 0 Å². The van der Waals surface area contributed by atoms with Crippen LogP contribution in [0.5, 0.6) is 0 Å². The fourth-order valence-electron chi connectivity index (χ4n) is 1.55. The van der Waals surface area contributed by atoms with E-state index in [1.807, 2.05) is 6.92 Å². The topological polar surface area (TPSA) is 63.2 Å². The van der Waals surface area contributed by atoms with Gasteiger partial charge in [0.05, 0.1) is 4.91 Å². The van der Waals surface area contributed by atoms with Crippen molar-refractivity contribution in [2.24, 2.45) is 11.8 Å². The van der Waals surface area contributed by atoms with Crippen molar-refractivity contribution in [1.29, 1.82) is 0 Å². The second-order valence-corrected chi connectivity index (χ2v) is 5.59. The van der Waals surface area contributed by atoms with E-state index < -0.39 is 10.0 Å². The van der Waals surface area contributed by atoms with Gasteiger partial charge in [0, 0.05) is 12.3 Å². The van der Waals surface area contributed by atoms with Crippen molar-refractivity contribution in [1.82, 2.24) is 4.72 Å². The highest BCUT2D eigenvalue weighted by Crippen LogP contribution is 2.41. The molecule has 0 aromatic heterocycles. The molecule has 1 amide bonds. The molecule has 4 nitrogen and oxygen atoms in total. The number of amides is 1. The van der Waals surface area contributed by atoms with Crippen LogP contribution in [0.15, 0.2) is 11.0 Å². The van der Waals surface area contributed by atoms with Crippen molar-refractivity contribution in [2.45, 2.75) is 26.2 Å². The zero-order valence-electron chi connectivity index (χ0n) is 7.99. The van der Waals surface area contributed by atoms with Crippen molar-refractivity contribution in [3.8, 4) is 0 Å². The SMILES string of the molecule is CC[C@@H]1C[C@@H]1C(=O)NS(=O)(=O)C1=CC1. The van der Waals surface area contributed by atoms with Crippen LogP contribution in [0, 0.1) is 11.8 Å². The first kappa shape index (κ1) is 9.71. The third kappa shape index (κ3) is 1.82. The Labute approximate surface area is 83.4 Å². The minimum atomic E-state index is -3.46. The largest absolute Gasteiger partial charge is 0.274 e. The molecule has 0 bridgehead atoms. The van der Waals surface area contributed by atoms with Crippen LogP contribution >= 0.6 is 0 Å². The van der Waals surface area contributed by atoms with Gasteiger partial charge in [-0.1, -0.05) is 19.4 Å². The standard InChI is InChI=1S/C9H13NO3S/c1-2-6-5-8(6)9(11)10-14(12,13)7-3-4-7/h3,6,8H,2,4-5H2,1H3,(H,10,11)/t6-,8+/m1/s1. The van der Waals surface area contributed by atoms with E-state index in [4.69, 9.17) is 0 Å². The Balaban J connectivity index is 1.92. The maximum atomic E-state index is 11.4. The van der Waals surface area contributed by atoms with E-state index in [-0.39, 0.29) is 11.8 Å². The molecule has 0 spiro atoms. The van der Waals surface area contributed by atoms with Crippen LogP contribution < -0.4 is 4.72 Å². The summed E-state index contributed by atoms with van der Waals surface area (Å²) in [5.41, 5.74) is 0. The van der Waals surface area contributed by atoms with Crippen molar-refractivity contribution in [3.63, 3.8) is 0 Å².